The van der Waals surface area contributed by atoms with Crippen LogP contribution in [0.5, 0.6) is 5.75 Å². The summed E-state index contributed by atoms with van der Waals surface area (Å²) >= 11 is 0. The van der Waals surface area contributed by atoms with Crippen LogP contribution in [0, 0.1) is 11.6 Å². The lowest BCUT2D eigenvalue weighted by atomic mass is 10.2. The average molecular weight is 456 g/mol. The first-order valence-electron chi connectivity index (χ1n) is 9.49. The summed E-state index contributed by atoms with van der Waals surface area (Å²) in [6, 6.07) is 16.7. The molecule has 0 aliphatic carbocycles. The second-order valence-corrected chi connectivity index (χ2v) is 8.68. The van der Waals surface area contributed by atoms with E-state index in [4.69, 9.17) is 9.15 Å². The minimum absolute atomic E-state index is 0.0800. The van der Waals surface area contributed by atoms with Crippen molar-refractivity contribution in [3.05, 3.63) is 96.4 Å². The van der Waals surface area contributed by atoms with E-state index in [1.165, 1.54) is 43.7 Å². The quantitative estimate of drug-likeness (QED) is 0.390. The van der Waals surface area contributed by atoms with Crippen LogP contribution < -0.4 is 9.04 Å². The van der Waals surface area contributed by atoms with Gasteiger partial charge in [0.25, 0.3) is 10.0 Å². The Hall–Kier alpha value is -3.72. The van der Waals surface area contributed by atoms with Gasteiger partial charge in [-0.3, -0.25) is 4.31 Å². The number of hydrogen-bond donors (Lipinski definition) is 0. The first-order chi connectivity index (χ1) is 15.4. The molecule has 0 saturated carbocycles. The minimum Gasteiger partial charge on any atom is -0.497 e. The Morgan fingerprint density at radius 1 is 0.969 bits per heavy atom. The van der Waals surface area contributed by atoms with E-state index < -0.39 is 21.7 Å². The summed E-state index contributed by atoms with van der Waals surface area (Å²) in [6.45, 7) is -0.162. The number of rotatable bonds is 7. The van der Waals surface area contributed by atoms with Crippen LogP contribution in [0.3, 0.4) is 0 Å². The van der Waals surface area contributed by atoms with Crippen LogP contribution in [0.1, 0.15) is 5.69 Å². The predicted molar refractivity (Wildman–Crippen MR) is 115 cm³/mol. The molecule has 32 heavy (non-hydrogen) atoms. The molecule has 0 bridgehead atoms. The van der Waals surface area contributed by atoms with Gasteiger partial charge in [-0.15, -0.1) is 0 Å². The van der Waals surface area contributed by atoms with Gasteiger partial charge in [0.05, 0.1) is 24.2 Å². The average Bonchev–Trinajstić information content (AvgIpc) is 3.27. The van der Waals surface area contributed by atoms with Crippen molar-refractivity contribution in [2.75, 3.05) is 11.4 Å². The summed E-state index contributed by atoms with van der Waals surface area (Å²) in [4.78, 5) is 4.24. The molecule has 3 aromatic carbocycles. The summed E-state index contributed by atoms with van der Waals surface area (Å²) in [7, 11) is -2.56. The van der Waals surface area contributed by atoms with E-state index in [1.54, 1.807) is 30.3 Å². The summed E-state index contributed by atoms with van der Waals surface area (Å²) in [5.74, 6) is -0.270. The van der Waals surface area contributed by atoms with Crippen LogP contribution in [-0.2, 0) is 16.6 Å². The standard InChI is InChI=1S/C23H18F2N2O4S/c1-30-21-9-7-20(8-10-21)27(32(28,29)22-11-5-17(24)6-12-22)14-19-15-31-23(26-19)16-3-2-4-18(25)13-16/h2-13,15H,14H2,1H3. The van der Waals surface area contributed by atoms with E-state index >= 15 is 0 Å². The van der Waals surface area contributed by atoms with Crippen molar-refractivity contribution in [1.82, 2.24) is 4.98 Å². The van der Waals surface area contributed by atoms with Gasteiger partial charge in [0, 0.05) is 5.56 Å². The molecule has 0 spiro atoms. The van der Waals surface area contributed by atoms with Crippen LogP contribution in [0.2, 0.25) is 0 Å². The van der Waals surface area contributed by atoms with Gasteiger partial charge in [-0.2, -0.15) is 0 Å². The number of aromatic nitrogens is 1. The molecule has 4 aromatic rings. The maximum Gasteiger partial charge on any atom is 0.264 e. The number of sulfonamides is 1. The highest BCUT2D eigenvalue weighted by atomic mass is 32.2. The fourth-order valence-corrected chi connectivity index (χ4v) is 4.51. The van der Waals surface area contributed by atoms with Crippen LogP contribution in [-0.4, -0.2) is 20.5 Å². The Bertz CT molecular complexity index is 1320. The van der Waals surface area contributed by atoms with Crippen LogP contribution in [0.15, 0.2) is 88.4 Å². The highest BCUT2D eigenvalue weighted by molar-refractivity contribution is 7.92. The molecule has 0 aliphatic rings. The molecule has 0 N–H and O–H groups in total. The highest BCUT2D eigenvalue weighted by Crippen LogP contribution is 2.29. The Morgan fingerprint density at radius 3 is 2.34 bits per heavy atom. The fourth-order valence-electron chi connectivity index (χ4n) is 3.08. The van der Waals surface area contributed by atoms with E-state index in [2.05, 4.69) is 4.98 Å². The zero-order valence-corrected chi connectivity index (χ0v) is 17.7. The molecule has 0 saturated heterocycles. The third-order valence-electron chi connectivity index (χ3n) is 4.69. The number of methoxy groups -OCH3 is 1. The number of benzene rings is 3. The zero-order valence-electron chi connectivity index (χ0n) is 16.9. The maximum atomic E-state index is 13.5. The third kappa shape index (κ3) is 4.47. The third-order valence-corrected chi connectivity index (χ3v) is 6.48. The number of halogens is 2. The topological polar surface area (TPSA) is 72.6 Å². The number of ether oxygens (including phenoxy) is 1. The summed E-state index contributed by atoms with van der Waals surface area (Å²) in [5, 5.41) is 0. The van der Waals surface area contributed by atoms with E-state index in [0.29, 0.717) is 22.7 Å². The smallest absolute Gasteiger partial charge is 0.264 e. The molecule has 0 atom stereocenters. The van der Waals surface area contributed by atoms with Gasteiger partial charge in [-0.25, -0.2) is 22.2 Å². The molecule has 0 radical (unpaired) electrons. The molecule has 0 fully saturated rings. The van der Waals surface area contributed by atoms with Crippen molar-refractivity contribution in [1.29, 1.82) is 0 Å². The van der Waals surface area contributed by atoms with Crippen LogP contribution in [0.4, 0.5) is 14.5 Å². The van der Waals surface area contributed by atoms with Crippen molar-refractivity contribution in [2.45, 2.75) is 11.4 Å². The molecule has 0 amide bonds. The summed E-state index contributed by atoms with van der Waals surface area (Å²) in [6.07, 6.45) is 1.32. The Kier molecular flexibility index (Phi) is 5.91. The SMILES string of the molecule is COc1ccc(N(Cc2coc(-c3cccc(F)c3)n2)S(=O)(=O)c2ccc(F)cc2)cc1. The van der Waals surface area contributed by atoms with E-state index in [0.717, 1.165) is 16.4 Å². The Labute approximate surface area is 183 Å². The molecule has 1 aromatic heterocycles. The highest BCUT2D eigenvalue weighted by Gasteiger charge is 2.26. The van der Waals surface area contributed by atoms with Crippen LogP contribution in [0.25, 0.3) is 11.5 Å². The maximum absolute atomic E-state index is 13.5. The van der Waals surface area contributed by atoms with Crippen molar-refractivity contribution in [3.8, 4) is 17.2 Å². The lowest BCUT2D eigenvalue weighted by Crippen LogP contribution is -2.30. The van der Waals surface area contributed by atoms with Gasteiger partial charge >= 0.3 is 0 Å². The molecule has 164 valence electrons. The normalized spacial score (nSPS) is 11.3. The van der Waals surface area contributed by atoms with Gasteiger partial charge < -0.3 is 9.15 Å². The first kappa shape index (κ1) is 21.5. The molecular weight excluding hydrogens is 438 g/mol. The van der Waals surface area contributed by atoms with E-state index in [9.17, 15) is 17.2 Å². The molecule has 0 aliphatic heterocycles. The van der Waals surface area contributed by atoms with Gasteiger partial charge in [0.2, 0.25) is 5.89 Å². The molecule has 6 nitrogen and oxygen atoms in total. The van der Waals surface area contributed by atoms with Crippen molar-refractivity contribution in [3.63, 3.8) is 0 Å². The number of nitrogens with zero attached hydrogens (tertiary/aromatic N) is 2. The van der Waals surface area contributed by atoms with Gasteiger partial charge in [-0.1, -0.05) is 6.07 Å². The van der Waals surface area contributed by atoms with E-state index in [-0.39, 0.29) is 17.3 Å². The zero-order chi connectivity index (χ0) is 22.7. The second kappa shape index (κ2) is 8.80. The molecule has 9 heteroatoms. The lowest BCUT2D eigenvalue weighted by Gasteiger charge is -2.24. The number of anilines is 1. The van der Waals surface area contributed by atoms with E-state index in [1.807, 2.05) is 0 Å². The number of oxazole rings is 1. The monoisotopic (exact) mass is 456 g/mol. The predicted octanol–water partition coefficient (Wildman–Crippen LogP) is 5.02. The van der Waals surface area contributed by atoms with Gasteiger partial charge in [0.1, 0.15) is 29.3 Å². The largest absolute Gasteiger partial charge is 0.497 e. The molecule has 0 unspecified atom stereocenters. The minimum atomic E-state index is -4.07. The Balaban J connectivity index is 1.72. The van der Waals surface area contributed by atoms with Crippen LogP contribution >= 0.6 is 0 Å². The lowest BCUT2D eigenvalue weighted by molar-refractivity contribution is 0.415. The van der Waals surface area contributed by atoms with Crippen molar-refractivity contribution in [2.24, 2.45) is 0 Å². The Morgan fingerprint density at radius 2 is 1.69 bits per heavy atom. The van der Waals surface area contributed by atoms with Crippen molar-refractivity contribution >= 4 is 15.7 Å². The van der Waals surface area contributed by atoms with Crippen molar-refractivity contribution < 1.29 is 26.4 Å². The van der Waals surface area contributed by atoms with Gasteiger partial charge in [0.15, 0.2) is 0 Å². The fraction of sp³-hybridized carbons (Fsp3) is 0.0870. The molecule has 1 heterocycles. The first-order valence-corrected chi connectivity index (χ1v) is 10.9. The van der Waals surface area contributed by atoms with Gasteiger partial charge in [-0.05, 0) is 66.7 Å². The molecule has 4 rings (SSSR count). The summed E-state index contributed by atoms with van der Waals surface area (Å²) < 4.78 is 65.4. The second-order valence-electron chi connectivity index (χ2n) is 6.82. The molecular formula is C23H18F2N2O4S. The number of hydrogen-bond acceptors (Lipinski definition) is 5. The summed E-state index contributed by atoms with van der Waals surface area (Å²) in [5.41, 5.74) is 1.09.